The van der Waals surface area contributed by atoms with E-state index in [-0.39, 0.29) is 0 Å². The van der Waals surface area contributed by atoms with Crippen molar-refractivity contribution < 1.29 is 4.42 Å². The van der Waals surface area contributed by atoms with Crippen molar-refractivity contribution >= 4 is 65.6 Å². The molecule has 3 aromatic heterocycles. The third-order valence-corrected chi connectivity index (χ3v) is 9.79. The Morgan fingerprint density at radius 1 is 0.490 bits per heavy atom. The average molecular weight is 625 g/mol. The Bertz CT molecular complexity index is 3070. The minimum Gasteiger partial charge on any atom is -0.456 e. The molecule has 0 aliphatic carbocycles. The van der Waals surface area contributed by atoms with Gasteiger partial charge in [-0.25, -0.2) is 0 Å². The highest BCUT2D eigenvalue weighted by atomic mass is 16.3. The van der Waals surface area contributed by atoms with Crippen molar-refractivity contribution in [2.24, 2.45) is 0 Å². The molecular formula is C44H24N4O. The third-order valence-electron chi connectivity index (χ3n) is 9.79. The highest BCUT2D eigenvalue weighted by molar-refractivity contribution is 6.24. The van der Waals surface area contributed by atoms with Crippen LogP contribution in [0.4, 0.5) is 0 Å². The van der Waals surface area contributed by atoms with Gasteiger partial charge in [0.25, 0.3) is 0 Å². The Kier molecular flexibility index (Phi) is 5.64. The van der Waals surface area contributed by atoms with Crippen molar-refractivity contribution in [1.82, 2.24) is 9.13 Å². The predicted octanol–water partition coefficient (Wildman–Crippen LogP) is 11.2. The van der Waals surface area contributed by atoms with Crippen molar-refractivity contribution in [3.05, 3.63) is 157 Å². The zero-order chi connectivity index (χ0) is 32.6. The van der Waals surface area contributed by atoms with E-state index >= 15 is 0 Å². The van der Waals surface area contributed by atoms with Gasteiger partial charge in [-0.2, -0.15) is 10.5 Å². The lowest BCUT2D eigenvalue weighted by molar-refractivity contribution is 0.669. The maximum atomic E-state index is 10.6. The molecule has 49 heavy (non-hydrogen) atoms. The van der Waals surface area contributed by atoms with Crippen LogP contribution in [0.15, 0.2) is 150 Å². The van der Waals surface area contributed by atoms with E-state index < -0.39 is 0 Å². The maximum absolute atomic E-state index is 10.6. The van der Waals surface area contributed by atoms with Crippen LogP contribution in [-0.2, 0) is 0 Å². The zero-order valence-corrected chi connectivity index (χ0v) is 26.1. The summed E-state index contributed by atoms with van der Waals surface area (Å²) in [5.74, 6) is 0. The van der Waals surface area contributed by atoms with E-state index in [0.717, 1.165) is 88.1 Å². The highest BCUT2D eigenvalue weighted by Gasteiger charge is 2.23. The molecule has 5 heteroatoms. The molecule has 5 nitrogen and oxygen atoms in total. The molecule has 0 saturated carbocycles. The largest absolute Gasteiger partial charge is 0.456 e. The van der Waals surface area contributed by atoms with Gasteiger partial charge in [-0.05, 0) is 72.3 Å². The number of furan rings is 1. The van der Waals surface area contributed by atoms with Gasteiger partial charge in [0, 0.05) is 38.2 Å². The van der Waals surface area contributed by atoms with Gasteiger partial charge in [-0.1, -0.05) is 78.9 Å². The number of hydrogen-bond acceptors (Lipinski definition) is 3. The summed E-state index contributed by atoms with van der Waals surface area (Å²) in [6.45, 7) is 0. The summed E-state index contributed by atoms with van der Waals surface area (Å²) in [5, 5.41) is 26.6. The second kappa shape index (κ2) is 10.2. The smallest absolute Gasteiger partial charge is 0.137 e. The lowest BCUT2D eigenvalue weighted by Gasteiger charge is -2.17. The summed E-state index contributed by atoms with van der Waals surface area (Å²) in [4.78, 5) is 0. The fourth-order valence-electron chi connectivity index (χ4n) is 7.72. The molecule has 0 N–H and O–H groups in total. The number of nitriles is 2. The molecular weight excluding hydrogens is 601 g/mol. The van der Waals surface area contributed by atoms with Crippen molar-refractivity contribution in [3.63, 3.8) is 0 Å². The first-order valence-corrected chi connectivity index (χ1v) is 16.1. The minimum absolute atomic E-state index is 0.588. The molecule has 0 bridgehead atoms. The van der Waals surface area contributed by atoms with E-state index in [1.165, 1.54) is 0 Å². The summed E-state index contributed by atoms with van der Waals surface area (Å²) >= 11 is 0. The Morgan fingerprint density at radius 2 is 1.18 bits per heavy atom. The molecule has 0 aliphatic heterocycles. The molecule has 0 spiro atoms. The third kappa shape index (κ3) is 3.79. The summed E-state index contributed by atoms with van der Waals surface area (Å²) in [6, 6.07) is 54.2. The number of rotatable bonds is 3. The van der Waals surface area contributed by atoms with Crippen molar-refractivity contribution in [1.29, 1.82) is 10.5 Å². The fraction of sp³-hybridized carbons (Fsp3) is 0. The van der Waals surface area contributed by atoms with E-state index in [2.05, 4.69) is 106 Å². The molecule has 0 unspecified atom stereocenters. The first-order valence-electron chi connectivity index (χ1n) is 16.1. The molecule has 0 atom stereocenters. The van der Waals surface area contributed by atoms with Crippen LogP contribution in [0.3, 0.4) is 0 Å². The van der Waals surface area contributed by atoms with Gasteiger partial charge < -0.3 is 13.6 Å². The normalized spacial score (nSPS) is 11.6. The topological polar surface area (TPSA) is 70.6 Å². The fourth-order valence-corrected chi connectivity index (χ4v) is 7.72. The van der Waals surface area contributed by atoms with E-state index in [9.17, 15) is 10.5 Å². The van der Waals surface area contributed by atoms with Crippen molar-refractivity contribution in [3.8, 4) is 34.6 Å². The van der Waals surface area contributed by atoms with Crippen LogP contribution in [0.5, 0.6) is 0 Å². The Labute approximate surface area is 280 Å². The molecule has 0 fully saturated rings. The molecule has 0 saturated heterocycles. The monoisotopic (exact) mass is 624 g/mol. The van der Waals surface area contributed by atoms with Gasteiger partial charge in [-0.3, -0.25) is 0 Å². The minimum atomic E-state index is 0.588. The average Bonchev–Trinajstić information content (AvgIpc) is 3.82. The van der Waals surface area contributed by atoms with Gasteiger partial charge in [-0.15, -0.1) is 0 Å². The van der Waals surface area contributed by atoms with Crippen LogP contribution in [0.1, 0.15) is 11.1 Å². The molecule has 0 aliphatic rings. The molecule has 0 amide bonds. The van der Waals surface area contributed by atoms with Gasteiger partial charge in [0.2, 0.25) is 0 Å². The van der Waals surface area contributed by atoms with Gasteiger partial charge in [0.1, 0.15) is 17.2 Å². The Balaban J connectivity index is 1.24. The summed E-state index contributed by atoms with van der Waals surface area (Å²) in [5.41, 5.74) is 10.8. The van der Waals surface area contributed by atoms with Gasteiger partial charge >= 0.3 is 0 Å². The highest BCUT2D eigenvalue weighted by Crippen LogP contribution is 2.43. The van der Waals surface area contributed by atoms with Crippen LogP contribution < -0.4 is 0 Å². The van der Waals surface area contributed by atoms with Crippen LogP contribution in [-0.4, -0.2) is 9.13 Å². The number of nitrogens with zero attached hydrogens (tertiary/aromatic N) is 4. The number of hydrogen-bond donors (Lipinski definition) is 0. The second-order valence-electron chi connectivity index (χ2n) is 12.3. The molecule has 10 rings (SSSR count). The summed E-state index contributed by atoms with van der Waals surface area (Å²) in [6.07, 6.45) is 0. The zero-order valence-electron chi connectivity index (χ0n) is 26.1. The van der Waals surface area contributed by atoms with Crippen LogP contribution in [0.25, 0.3) is 88.1 Å². The van der Waals surface area contributed by atoms with Crippen molar-refractivity contribution in [2.75, 3.05) is 0 Å². The molecule has 226 valence electrons. The van der Waals surface area contributed by atoms with E-state index in [1.807, 2.05) is 60.7 Å². The SMILES string of the molecule is N#Cc1ccc2c(c1)c1ccccc1n2-c1ccc(-c2cccc(C#N)c2-n2c3ccccc3c3ccc4oc5ccccc5c4c32)cc1. The Hall–Kier alpha value is -7.08. The van der Waals surface area contributed by atoms with Crippen LogP contribution in [0.2, 0.25) is 0 Å². The number of para-hydroxylation sites is 4. The van der Waals surface area contributed by atoms with E-state index in [1.54, 1.807) is 0 Å². The number of benzene rings is 7. The van der Waals surface area contributed by atoms with Crippen molar-refractivity contribution in [2.45, 2.75) is 0 Å². The molecule has 7 aromatic carbocycles. The van der Waals surface area contributed by atoms with E-state index in [0.29, 0.717) is 11.1 Å². The first-order chi connectivity index (χ1) is 24.2. The molecule has 10 aromatic rings. The molecule has 3 heterocycles. The number of fused-ring (bicyclic) bond motifs is 10. The summed E-state index contributed by atoms with van der Waals surface area (Å²) in [7, 11) is 0. The Morgan fingerprint density at radius 3 is 1.96 bits per heavy atom. The standard InChI is InChI=1S/C44H24N4O/c45-25-27-16-22-39-36(24-27)33-10-2-4-13-37(33)47(39)30-19-17-28(18-20-30)31-12-7-8-29(26-46)43(31)48-38-14-5-1-9-32(38)34-21-23-41-42(44(34)48)35-11-3-6-15-40(35)49-41/h1-24H. The van der Waals surface area contributed by atoms with Gasteiger partial charge in [0.05, 0.1) is 50.3 Å². The van der Waals surface area contributed by atoms with Gasteiger partial charge in [0.15, 0.2) is 0 Å². The predicted molar refractivity (Wildman–Crippen MR) is 197 cm³/mol. The lowest BCUT2D eigenvalue weighted by atomic mass is 9.99. The second-order valence-corrected chi connectivity index (χ2v) is 12.3. The molecule has 0 radical (unpaired) electrons. The van der Waals surface area contributed by atoms with E-state index in [4.69, 9.17) is 4.42 Å². The maximum Gasteiger partial charge on any atom is 0.137 e. The van der Waals surface area contributed by atoms with Crippen LogP contribution in [0, 0.1) is 22.7 Å². The number of aromatic nitrogens is 2. The first kappa shape index (κ1) is 27.1. The summed E-state index contributed by atoms with van der Waals surface area (Å²) < 4.78 is 10.9. The van der Waals surface area contributed by atoms with Crippen LogP contribution >= 0.6 is 0 Å². The quantitative estimate of drug-likeness (QED) is 0.196. The lowest BCUT2D eigenvalue weighted by Crippen LogP contribution is -2.01.